The molecule has 0 unspecified atom stereocenters. The van der Waals surface area contributed by atoms with Crippen LogP contribution in [0.15, 0.2) is 42.5 Å². The van der Waals surface area contributed by atoms with Gasteiger partial charge in [0.2, 0.25) is 0 Å². The molecule has 0 N–H and O–H groups in total. The Kier molecular flexibility index (Phi) is 2.99. The van der Waals surface area contributed by atoms with Crippen LogP contribution in [0.4, 0.5) is 0 Å². The van der Waals surface area contributed by atoms with E-state index in [0.29, 0.717) is 29.0 Å². The van der Waals surface area contributed by atoms with E-state index < -0.39 is 5.97 Å². The van der Waals surface area contributed by atoms with E-state index in [1.165, 1.54) is 7.11 Å². The number of fused-ring (bicyclic) bond motifs is 2. The maximum atomic E-state index is 12.5. The average Bonchev–Trinajstić information content (AvgIpc) is 2.64. The first kappa shape index (κ1) is 12.4. The van der Waals surface area contributed by atoms with Gasteiger partial charge in [-0.05, 0) is 18.2 Å². The van der Waals surface area contributed by atoms with E-state index in [2.05, 4.69) is 4.74 Å². The van der Waals surface area contributed by atoms with Crippen molar-refractivity contribution in [3.05, 3.63) is 64.7 Å². The molecule has 20 heavy (non-hydrogen) atoms. The molecule has 0 bridgehead atoms. The van der Waals surface area contributed by atoms with E-state index in [1.54, 1.807) is 24.3 Å². The number of ketones is 1. The van der Waals surface area contributed by atoms with Crippen molar-refractivity contribution in [3.8, 4) is 5.75 Å². The van der Waals surface area contributed by atoms with Gasteiger partial charge >= 0.3 is 5.97 Å². The topological polar surface area (TPSA) is 52.6 Å². The van der Waals surface area contributed by atoms with Crippen LogP contribution in [0.25, 0.3) is 0 Å². The van der Waals surface area contributed by atoms with Gasteiger partial charge in [0.15, 0.2) is 5.78 Å². The Morgan fingerprint density at radius 3 is 2.75 bits per heavy atom. The number of esters is 1. The van der Waals surface area contributed by atoms with Crippen molar-refractivity contribution in [1.82, 2.24) is 0 Å². The molecule has 2 aromatic carbocycles. The maximum absolute atomic E-state index is 12.5. The lowest BCUT2D eigenvalue weighted by molar-refractivity contribution is 0.0600. The second-order valence-electron chi connectivity index (χ2n) is 4.48. The van der Waals surface area contributed by atoms with Crippen LogP contribution < -0.4 is 4.74 Å². The largest absolute Gasteiger partial charge is 0.488 e. The molecule has 0 spiro atoms. The summed E-state index contributed by atoms with van der Waals surface area (Å²) in [6.07, 6.45) is 0. The molecule has 0 saturated heterocycles. The number of hydrogen-bond acceptors (Lipinski definition) is 4. The molecule has 1 aliphatic rings. The first-order valence-electron chi connectivity index (χ1n) is 6.18. The second kappa shape index (κ2) is 4.81. The Balaban J connectivity index is 2.09. The highest BCUT2D eigenvalue weighted by Crippen LogP contribution is 2.29. The number of ether oxygens (including phenoxy) is 2. The minimum Gasteiger partial charge on any atom is -0.488 e. The molecule has 4 nitrogen and oxygen atoms in total. The van der Waals surface area contributed by atoms with Crippen molar-refractivity contribution in [2.45, 2.75) is 6.61 Å². The van der Waals surface area contributed by atoms with Gasteiger partial charge in [-0.1, -0.05) is 24.3 Å². The molecule has 0 aliphatic carbocycles. The second-order valence-corrected chi connectivity index (χ2v) is 4.48. The molecule has 0 fully saturated rings. The zero-order valence-corrected chi connectivity index (χ0v) is 10.9. The van der Waals surface area contributed by atoms with Crippen LogP contribution in [-0.2, 0) is 11.3 Å². The Hall–Kier alpha value is -2.62. The van der Waals surface area contributed by atoms with Crippen LogP contribution in [0.2, 0.25) is 0 Å². The Morgan fingerprint density at radius 1 is 1.15 bits per heavy atom. The van der Waals surface area contributed by atoms with E-state index in [-0.39, 0.29) is 5.78 Å². The van der Waals surface area contributed by atoms with Crippen molar-refractivity contribution in [1.29, 1.82) is 0 Å². The van der Waals surface area contributed by atoms with Gasteiger partial charge in [0.1, 0.15) is 12.4 Å². The first-order valence-corrected chi connectivity index (χ1v) is 6.18. The van der Waals surface area contributed by atoms with Crippen molar-refractivity contribution in [3.63, 3.8) is 0 Å². The molecule has 1 heterocycles. The summed E-state index contributed by atoms with van der Waals surface area (Å²) < 4.78 is 10.3. The van der Waals surface area contributed by atoms with Gasteiger partial charge < -0.3 is 9.47 Å². The Labute approximate surface area is 115 Å². The fourth-order valence-electron chi connectivity index (χ4n) is 2.24. The van der Waals surface area contributed by atoms with Gasteiger partial charge in [-0.2, -0.15) is 0 Å². The van der Waals surface area contributed by atoms with E-state index in [0.717, 1.165) is 5.56 Å². The lowest BCUT2D eigenvalue weighted by Gasteiger charge is -2.07. The van der Waals surface area contributed by atoms with Gasteiger partial charge in [0, 0.05) is 11.1 Å². The molecule has 100 valence electrons. The van der Waals surface area contributed by atoms with E-state index in [1.807, 2.05) is 18.2 Å². The SMILES string of the molecule is COC(=O)c1ccc2c(c1)OCc1ccccc1C2=O. The molecule has 4 heteroatoms. The van der Waals surface area contributed by atoms with Crippen molar-refractivity contribution in [2.75, 3.05) is 7.11 Å². The summed E-state index contributed by atoms with van der Waals surface area (Å²) in [5, 5.41) is 0. The maximum Gasteiger partial charge on any atom is 0.337 e. The molecule has 0 aromatic heterocycles. The monoisotopic (exact) mass is 268 g/mol. The first-order chi connectivity index (χ1) is 9.70. The number of methoxy groups -OCH3 is 1. The minimum atomic E-state index is -0.453. The third kappa shape index (κ3) is 1.95. The van der Waals surface area contributed by atoms with E-state index in [4.69, 9.17) is 4.74 Å². The average molecular weight is 268 g/mol. The van der Waals surface area contributed by atoms with Gasteiger partial charge in [-0.25, -0.2) is 4.79 Å². The summed E-state index contributed by atoms with van der Waals surface area (Å²) in [7, 11) is 1.32. The molecule has 2 aromatic rings. The van der Waals surface area contributed by atoms with Crippen LogP contribution in [0.1, 0.15) is 31.8 Å². The van der Waals surface area contributed by atoms with Gasteiger partial charge in [-0.3, -0.25) is 4.79 Å². The third-order valence-corrected chi connectivity index (χ3v) is 3.29. The van der Waals surface area contributed by atoms with Crippen LogP contribution >= 0.6 is 0 Å². The molecule has 0 atom stereocenters. The highest BCUT2D eigenvalue weighted by atomic mass is 16.5. The van der Waals surface area contributed by atoms with Gasteiger partial charge in [0.25, 0.3) is 0 Å². The van der Waals surface area contributed by atoms with Crippen molar-refractivity contribution in [2.24, 2.45) is 0 Å². The lowest BCUT2D eigenvalue weighted by atomic mass is 9.98. The van der Waals surface area contributed by atoms with Gasteiger partial charge in [0.05, 0.1) is 18.2 Å². The van der Waals surface area contributed by atoms with Gasteiger partial charge in [-0.15, -0.1) is 0 Å². The van der Waals surface area contributed by atoms with Crippen molar-refractivity contribution >= 4 is 11.8 Å². The smallest absolute Gasteiger partial charge is 0.337 e. The van der Waals surface area contributed by atoms with Crippen LogP contribution in [0.5, 0.6) is 5.75 Å². The lowest BCUT2D eigenvalue weighted by Crippen LogP contribution is -2.05. The molecule has 0 amide bonds. The van der Waals surface area contributed by atoms with Crippen LogP contribution in [0.3, 0.4) is 0 Å². The molecule has 3 rings (SSSR count). The highest BCUT2D eigenvalue weighted by molar-refractivity contribution is 6.12. The molecule has 0 saturated carbocycles. The number of carbonyl (C=O) groups is 2. The predicted molar refractivity (Wildman–Crippen MR) is 72.0 cm³/mol. The van der Waals surface area contributed by atoms with Crippen molar-refractivity contribution < 1.29 is 19.1 Å². The molecule has 0 radical (unpaired) electrons. The zero-order chi connectivity index (χ0) is 14.1. The highest BCUT2D eigenvalue weighted by Gasteiger charge is 2.23. The zero-order valence-electron chi connectivity index (χ0n) is 10.9. The molecule has 1 aliphatic heterocycles. The Bertz CT molecular complexity index is 703. The summed E-state index contributed by atoms with van der Waals surface area (Å²) in [6.45, 7) is 0.305. The number of hydrogen-bond donors (Lipinski definition) is 0. The number of benzene rings is 2. The fourth-order valence-corrected chi connectivity index (χ4v) is 2.24. The molecular formula is C16H12O4. The standard InChI is InChI=1S/C16H12O4/c1-19-16(18)10-6-7-13-14(8-10)20-9-11-4-2-3-5-12(11)15(13)17/h2-8H,9H2,1H3. The van der Waals surface area contributed by atoms with Crippen LogP contribution in [0, 0.1) is 0 Å². The third-order valence-electron chi connectivity index (χ3n) is 3.29. The summed E-state index contributed by atoms with van der Waals surface area (Å²) in [4.78, 5) is 24.0. The molecular weight excluding hydrogens is 256 g/mol. The summed E-state index contributed by atoms with van der Waals surface area (Å²) in [5.74, 6) is -0.135. The number of rotatable bonds is 1. The minimum absolute atomic E-state index is 0.0930. The normalized spacial score (nSPS) is 12.8. The number of carbonyl (C=O) groups excluding carboxylic acids is 2. The quantitative estimate of drug-likeness (QED) is 0.746. The Morgan fingerprint density at radius 2 is 1.95 bits per heavy atom. The predicted octanol–water partition coefficient (Wildman–Crippen LogP) is 2.60. The van der Waals surface area contributed by atoms with E-state index in [9.17, 15) is 9.59 Å². The summed E-state index contributed by atoms with van der Waals surface area (Å²) in [6, 6.07) is 12.1. The summed E-state index contributed by atoms with van der Waals surface area (Å²) >= 11 is 0. The fraction of sp³-hybridized carbons (Fsp3) is 0.125. The van der Waals surface area contributed by atoms with E-state index >= 15 is 0 Å². The van der Waals surface area contributed by atoms with Crippen LogP contribution in [-0.4, -0.2) is 18.9 Å². The summed E-state index contributed by atoms with van der Waals surface area (Å²) in [5.41, 5.74) is 2.30.